The Kier molecular flexibility index (Phi) is 3.95. The zero-order valence-electron chi connectivity index (χ0n) is 8.66. The van der Waals surface area contributed by atoms with Crippen LogP contribution in [0.2, 0.25) is 0 Å². The van der Waals surface area contributed by atoms with E-state index in [1.54, 1.807) is 0 Å². The molecule has 1 aromatic carbocycles. The summed E-state index contributed by atoms with van der Waals surface area (Å²) in [6.45, 7) is 0. The Balaban J connectivity index is 2.88. The van der Waals surface area contributed by atoms with E-state index in [2.05, 4.69) is 10.5 Å². The summed E-state index contributed by atoms with van der Waals surface area (Å²) in [5.41, 5.74) is 3.39. The highest BCUT2D eigenvalue weighted by Crippen LogP contribution is 2.26. The van der Waals surface area contributed by atoms with Crippen molar-refractivity contribution < 1.29 is 33.5 Å². The molecule has 17 heavy (non-hydrogen) atoms. The smallest absolute Gasteiger partial charge is 0.544 e. The van der Waals surface area contributed by atoms with Crippen LogP contribution in [-0.2, 0) is 11.2 Å². The molecule has 0 spiro atoms. The lowest BCUT2D eigenvalue weighted by molar-refractivity contribution is -0.437. The molecule has 1 atom stereocenters. The Morgan fingerprint density at radius 2 is 2.00 bits per heavy atom. The van der Waals surface area contributed by atoms with Crippen molar-refractivity contribution in [1.82, 2.24) is 0 Å². The normalized spacial score (nSPS) is 13.2. The molecule has 0 radical (unpaired) electrons. The highest BCUT2D eigenvalue weighted by molar-refractivity contribution is 5.69. The zero-order valence-corrected chi connectivity index (χ0v) is 8.66. The van der Waals surface area contributed by atoms with Crippen molar-refractivity contribution >= 4 is 5.97 Å². The third-order valence-electron chi connectivity index (χ3n) is 2.00. The number of aliphatic carboxylic acids is 1. The highest BCUT2D eigenvalue weighted by Gasteiger charge is 2.32. The molecular weight excluding hydrogens is 239 g/mol. The molecule has 0 aliphatic rings. The van der Waals surface area contributed by atoms with Crippen LogP contribution in [0, 0.1) is 0 Å². The first-order valence-electron chi connectivity index (χ1n) is 4.67. The van der Waals surface area contributed by atoms with Gasteiger partial charge < -0.3 is 20.4 Å². The number of carboxylic acid groups (broad SMARTS) is 1. The maximum absolute atomic E-state index is 12.1. The summed E-state index contributed by atoms with van der Waals surface area (Å²) in [5.74, 6) is -1.85. The standard InChI is InChI=1S/C10H10F3NO3/c11-10(12,13)17-8-4-2-1-3-6(8)5-7(14)9(15)16/h1-4,7H,5,14H2,(H,15,16)/t7-/m1/s1. The first-order chi connectivity index (χ1) is 7.79. The topological polar surface area (TPSA) is 77.0 Å². The van der Waals surface area contributed by atoms with Crippen molar-refractivity contribution in [1.29, 1.82) is 0 Å². The second kappa shape index (κ2) is 5.05. The van der Waals surface area contributed by atoms with E-state index in [1.165, 1.54) is 18.2 Å². The van der Waals surface area contributed by atoms with E-state index in [0.29, 0.717) is 0 Å². The summed E-state index contributed by atoms with van der Waals surface area (Å²) in [6, 6.07) is 4.18. The molecule has 0 aliphatic carbocycles. The number of carboxylic acids is 1. The van der Waals surface area contributed by atoms with Crippen LogP contribution in [0.25, 0.3) is 0 Å². The van der Waals surface area contributed by atoms with E-state index < -0.39 is 24.1 Å². The van der Waals surface area contributed by atoms with E-state index >= 15 is 0 Å². The van der Waals surface area contributed by atoms with E-state index in [4.69, 9.17) is 0 Å². The number of carbonyl (C=O) groups excluding carboxylic acids is 1. The second-order valence-electron chi connectivity index (χ2n) is 3.38. The number of ether oxygens (including phenoxy) is 1. The van der Waals surface area contributed by atoms with E-state index in [1.807, 2.05) is 0 Å². The van der Waals surface area contributed by atoms with Gasteiger partial charge in [0, 0.05) is 12.0 Å². The Morgan fingerprint density at radius 1 is 1.41 bits per heavy atom. The van der Waals surface area contributed by atoms with Crippen LogP contribution in [0.3, 0.4) is 0 Å². The lowest BCUT2D eigenvalue weighted by atomic mass is 10.1. The number of hydrogen-bond acceptors (Lipinski definition) is 3. The fourth-order valence-corrected chi connectivity index (χ4v) is 1.25. The number of quaternary nitrogens is 1. The van der Waals surface area contributed by atoms with Crippen LogP contribution in [0.4, 0.5) is 13.2 Å². The van der Waals surface area contributed by atoms with Crippen molar-refractivity contribution in [3.05, 3.63) is 29.8 Å². The van der Waals surface area contributed by atoms with Crippen molar-refractivity contribution in [3.63, 3.8) is 0 Å². The first kappa shape index (κ1) is 13.3. The van der Waals surface area contributed by atoms with Gasteiger partial charge in [0.25, 0.3) is 0 Å². The van der Waals surface area contributed by atoms with Gasteiger partial charge in [0.1, 0.15) is 11.8 Å². The van der Waals surface area contributed by atoms with Crippen LogP contribution in [0.5, 0.6) is 5.75 Å². The molecule has 0 saturated heterocycles. The number of hydrogen-bond donors (Lipinski definition) is 1. The summed E-state index contributed by atoms with van der Waals surface area (Å²) in [5, 5.41) is 10.5. The van der Waals surface area contributed by atoms with Crippen LogP contribution in [0.15, 0.2) is 24.3 Å². The van der Waals surface area contributed by atoms with Gasteiger partial charge in [-0.2, -0.15) is 0 Å². The van der Waals surface area contributed by atoms with Crippen molar-refractivity contribution in [2.24, 2.45) is 0 Å². The third-order valence-corrected chi connectivity index (χ3v) is 2.00. The summed E-state index contributed by atoms with van der Waals surface area (Å²) < 4.78 is 39.9. The Bertz CT molecular complexity index is 406. The molecule has 0 fully saturated rings. The third kappa shape index (κ3) is 4.31. The molecule has 4 nitrogen and oxygen atoms in total. The van der Waals surface area contributed by atoms with Gasteiger partial charge in [-0.1, -0.05) is 18.2 Å². The minimum atomic E-state index is -4.81. The van der Waals surface area contributed by atoms with Gasteiger partial charge >= 0.3 is 6.36 Å². The van der Waals surface area contributed by atoms with E-state index in [9.17, 15) is 23.1 Å². The van der Waals surface area contributed by atoms with Crippen molar-refractivity contribution in [2.45, 2.75) is 18.8 Å². The average Bonchev–Trinajstić information content (AvgIpc) is 2.18. The number of alkyl halides is 3. The molecule has 94 valence electrons. The average molecular weight is 249 g/mol. The number of rotatable bonds is 4. The van der Waals surface area contributed by atoms with Crippen molar-refractivity contribution in [3.8, 4) is 5.75 Å². The SMILES string of the molecule is [NH3+][C@H](Cc1ccccc1OC(F)(F)F)C(=O)[O-]. The fourth-order valence-electron chi connectivity index (χ4n) is 1.25. The van der Waals surface area contributed by atoms with Gasteiger partial charge in [-0.05, 0) is 6.07 Å². The van der Waals surface area contributed by atoms with Gasteiger partial charge in [-0.3, -0.25) is 0 Å². The molecule has 0 unspecified atom stereocenters. The quantitative estimate of drug-likeness (QED) is 0.780. The lowest BCUT2D eigenvalue weighted by Gasteiger charge is -2.15. The van der Waals surface area contributed by atoms with Gasteiger partial charge in [0.15, 0.2) is 0 Å². The van der Waals surface area contributed by atoms with Gasteiger partial charge in [-0.15, -0.1) is 13.2 Å². The van der Waals surface area contributed by atoms with Gasteiger partial charge in [-0.25, -0.2) is 0 Å². The highest BCUT2D eigenvalue weighted by atomic mass is 19.4. The Morgan fingerprint density at radius 3 is 2.53 bits per heavy atom. The molecule has 0 aromatic heterocycles. The summed E-state index contributed by atoms with van der Waals surface area (Å²) in [4.78, 5) is 10.5. The van der Waals surface area contributed by atoms with Crippen LogP contribution >= 0.6 is 0 Å². The van der Waals surface area contributed by atoms with Crippen molar-refractivity contribution in [2.75, 3.05) is 0 Å². The fraction of sp³-hybridized carbons (Fsp3) is 0.300. The maximum Gasteiger partial charge on any atom is 0.573 e. The predicted octanol–water partition coefficient (Wildman–Crippen LogP) is -0.512. The molecule has 0 bridgehead atoms. The van der Waals surface area contributed by atoms with Crippen LogP contribution in [-0.4, -0.2) is 18.4 Å². The van der Waals surface area contributed by atoms with Crippen LogP contribution < -0.4 is 15.6 Å². The molecule has 1 aromatic rings. The molecular formula is C10H10F3NO3. The van der Waals surface area contributed by atoms with Gasteiger partial charge in [0.05, 0.1) is 5.97 Å². The maximum atomic E-state index is 12.1. The molecule has 3 N–H and O–H groups in total. The van der Waals surface area contributed by atoms with Gasteiger partial charge in [0.2, 0.25) is 0 Å². The summed E-state index contributed by atoms with van der Waals surface area (Å²) in [6.07, 6.45) is -5.00. The zero-order chi connectivity index (χ0) is 13.1. The minimum absolute atomic E-state index is 0.119. The second-order valence-corrected chi connectivity index (χ2v) is 3.38. The number of halogens is 3. The minimum Gasteiger partial charge on any atom is -0.544 e. The number of carbonyl (C=O) groups is 1. The molecule has 1 rings (SSSR count). The Labute approximate surface area is 94.8 Å². The monoisotopic (exact) mass is 249 g/mol. The molecule has 7 heteroatoms. The molecule has 0 aliphatic heterocycles. The lowest BCUT2D eigenvalue weighted by Crippen LogP contribution is -2.69. The van der Waals surface area contributed by atoms with E-state index in [-0.39, 0.29) is 12.0 Å². The molecule has 0 heterocycles. The number of benzene rings is 1. The summed E-state index contributed by atoms with van der Waals surface area (Å²) in [7, 11) is 0. The Hall–Kier alpha value is -1.76. The predicted molar refractivity (Wildman–Crippen MR) is 48.5 cm³/mol. The summed E-state index contributed by atoms with van der Waals surface area (Å²) >= 11 is 0. The van der Waals surface area contributed by atoms with E-state index in [0.717, 1.165) is 6.07 Å². The molecule has 0 amide bonds. The molecule has 0 saturated carbocycles. The number of para-hydroxylation sites is 1. The largest absolute Gasteiger partial charge is 0.573 e. The van der Waals surface area contributed by atoms with Crippen LogP contribution in [0.1, 0.15) is 5.56 Å². The first-order valence-corrected chi connectivity index (χ1v) is 4.67.